The van der Waals surface area contributed by atoms with Gasteiger partial charge in [0.2, 0.25) is 0 Å². The van der Waals surface area contributed by atoms with Gasteiger partial charge in [-0.15, -0.1) is 11.3 Å². The number of hydrogen-bond acceptors (Lipinski definition) is 4. The van der Waals surface area contributed by atoms with Crippen molar-refractivity contribution in [1.82, 2.24) is 5.43 Å². The van der Waals surface area contributed by atoms with Crippen molar-refractivity contribution < 1.29 is 9.53 Å². The summed E-state index contributed by atoms with van der Waals surface area (Å²) in [6.07, 6.45) is 2.64. The van der Waals surface area contributed by atoms with Crippen LogP contribution in [0.25, 0.3) is 0 Å². The Morgan fingerprint density at radius 1 is 1.15 bits per heavy atom. The second-order valence-corrected chi connectivity index (χ2v) is 10.1. The third kappa shape index (κ3) is 7.35. The Morgan fingerprint density at radius 3 is 2.37 bits per heavy atom. The van der Waals surface area contributed by atoms with Crippen molar-refractivity contribution in [2.45, 2.75) is 46.5 Å². The molecule has 6 heteroatoms. The fourth-order valence-corrected chi connectivity index (χ4v) is 4.11. The highest BCUT2D eigenvalue weighted by Crippen LogP contribution is 2.36. The molecule has 0 spiro atoms. The fourth-order valence-electron chi connectivity index (χ4n) is 3.18. The Labute approximate surface area is 170 Å². The van der Waals surface area contributed by atoms with Crippen LogP contribution in [0.2, 0.25) is 4.34 Å². The Hall–Kier alpha value is -1.85. The van der Waals surface area contributed by atoms with Crippen molar-refractivity contribution in [3.8, 4) is 5.75 Å². The van der Waals surface area contributed by atoms with E-state index in [1.807, 2.05) is 18.2 Å². The molecule has 1 N–H and O–H groups in total. The lowest BCUT2D eigenvalue weighted by Gasteiger charge is -2.33. The number of ether oxygens (including phenoxy) is 1. The highest BCUT2D eigenvalue weighted by Gasteiger charge is 2.27. The Kier molecular flexibility index (Phi) is 7.06. The summed E-state index contributed by atoms with van der Waals surface area (Å²) in [4.78, 5) is 12.7. The van der Waals surface area contributed by atoms with Gasteiger partial charge in [-0.25, -0.2) is 5.43 Å². The van der Waals surface area contributed by atoms with Crippen LogP contribution in [0.5, 0.6) is 5.75 Å². The van der Waals surface area contributed by atoms with Crippen LogP contribution in [-0.2, 0) is 10.2 Å². The van der Waals surface area contributed by atoms with E-state index in [1.165, 1.54) is 16.9 Å². The quantitative estimate of drug-likeness (QED) is 0.477. The van der Waals surface area contributed by atoms with E-state index in [9.17, 15) is 4.79 Å². The summed E-state index contributed by atoms with van der Waals surface area (Å²) < 4.78 is 6.22. The second kappa shape index (κ2) is 8.89. The molecule has 2 rings (SSSR count). The minimum absolute atomic E-state index is 0.0769. The molecule has 0 aliphatic heterocycles. The number of halogens is 1. The molecule has 1 amide bonds. The van der Waals surface area contributed by atoms with Gasteiger partial charge in [-0.2, -0.15) is 5.10 Å². The lowest BCUT2D eigenvalue weighted by atomic mass is 9.72. The molecule has 1 heterocycles. The summed E-state index contributed by atoms with van der Waals surface area (Å²) in [6, 6.07) is 11.6. The second-order valence-electron chi connectivity index (χ2n) is 8.37. The first-order chi connectivity index (χ1) is 12.5. The average molecular weight is 407 g/mol. The van der Waals surface area contributed by atoms with E-state index in [0.29, 0.717) is 10.1 Å². The van der Waals surface area contributed by atoms with Crippen molar-refractivity contribution in [2.24, 2.45) is 10.5 Å². The van der Waals surface area contributed by atoms with Gasteiger partial charge in [-0.1, -0.05) is 58.4 Å². The van der Waals surface area contributed by atoms with Crippen molar-refractivity contribution in [3.05, 3.63) is 51.2 Å². The monoisotopic (exact) mass is 406 g/mol. The fraction of sp³-hybridized carbons (Fsp3) is 0.429. The van der Waals surface area contributed by atoms with E-state index in [0.717, 1.165) is 11.3 Å². The van der Waals surface area contributed by atoms with Crippen molar-refractivity contribution in [3.63, 3.8) is 0 Å². The number of benzene rings is 1. The lowest BCUT2D eigenvalue weighted by molar-refractivity contribution is -0.123. The smallest absolute Gasteiger partial charge is 0.277 e. The molecular weight excluding hydrogens is 380 g/mol. The molecule has 146 valence electrons. The first-order valence-corrected chi connectivity index (χ1v) is 10.1. The maximum atomic E-state index is 11.8. The third-order valence-electron chi connectivity index (χ3n) is 3.95. The molecule has 1 aromatic heterocycles. The normalized spacial score (nSPS) is 12.4. The number of amides is 1. The van der Waals surface area contributed by atoms with E-state index in [2.05, 4.69) is 57.3 Å². The molecule has 0 bridgehead atoms. The van der Waals surface area contributed by atoms with Gasteiger partial charge in [-0.05, 0) is 47.1 Å². The van der Waals surface area contributed by atoms with Crippen LogP contribution in [0.3, 0.4) is 0 Å². The Balaban J connectivity index is 1.84. The molecule has 0 aliphatic rings. The molecule has 4 nitrogen and oxygen atoms in total. The Bertz CT molecular complexity index is 789. The molecule has 0 saturated carbocycles. The summed E-state index contributed by atoms with van der Waals surface area (Å²) in [5.41, 5.74) is 4.03. The van der Waals surface area contributed by atoms with Crippen LogP contribution in [0.15, 0.2) is 41.5 Å². The number of nitrogens with zero attached hydrogens (tertiary/aromatic N) is 1. The molecule has 0 saturated heterocycles. The largest absolute Gasteiger partial charge is 0.484 e. The molecule has 1 aromatic carbocycles. The van der Waals surface area contributed by atoms with E-state index in [1.54, 1.807) is 12.3 Å². The summed E-state index contributed by atoms with van der Waals surface area (Å²) >= 11 is 7.23. The van der Waals surface area contributed by atoms with E-state index < -0.39 is 0 Å². The molecule has 0 aliphatic carbocycles. The van der Waals surface area contributed by atoms with E-state index >= 15 is 0 Å². The van der Waals surface area contributed by atoms with Gasteiger partial charge in [-0.3, -0.25) is 4.79 Å². The van der Waals surface area contributed by atoms with Crippen molar-refractivity contribution in [1.29, 1.82) is 0 Å². The van der Waals surface area contributed by atoms with Crippen LogP contribution < -0.4 is 10.2 Å². The summed E-state index contributed by atoms with van der Waals surface area (Å²) in [5.74, 6) is 0.348. The molecule has 0 unspecified atom stereocenters. The average Bonchev–Trinajstić information content (AvgIpc) is 2.96. The number of carbonyl (C=O) groups is 1. The minimum Gasteiger partial charge on any atom is -0.484 e. The summed E-state index contributed by atoms with van der Waals surface area (Å²) in [5, 5.41) is 3.89. The third-order valence-corrected chi connectivity index (χ3v) is 5.12. The zero-order valence-electron chi connectivity index (χ0n) is 16.5. The maximum Gasteiger partial charge on any atom is 0.277 e. The highest BCUT2D eigenvalue weighted by molar-refractivity contribution is 7.17. The predicted molar refractivity (Wildman–Crippen MR) is 114 cm³/mol. The number of hydrazone groups is 1. The van der Waals surface area contributed by atoms with Gasteiger partial charge < -0.3 is 4.74 Å². The number of nitrogens with one attached hydrogen (secondary N) is 1. The topological polar surface area (TPSA) is 50.7 Å². The van der Waals surface area contributed by atoms with Gasteiger partial charge in [0.25, 0.3) is 5.91 Å². The highest BCUT2D eigenvalue weighted by atomic mass is 35.5. The standard InChI is InChI=1S/C21H27ClN2O2S/c1-20(2,3)14-21(4,5)15-6-8-16(9-7-15)26-13-19(25)24-23-12-17-10-11-18(22)27-17/h6-12H,13-14H2,1-5H3,(H,24,25). The van der Waals surface area contributed by atoms with Crippen LogP contribution in [0.1, 0.15) is 51.5 Å². The number of carbonyl (C=O) groups excluding carboxylic acids is 1. The SMILES string of the molecule is CC(C)(C)CC(C)(C)c1ccc(OCC(=O)NN=Cc2ccc(Cl)s2)cc1. The van der Waals surface area contributed by atoms with E-state index in [4.69, 9.17) is 16.3 Å². The summed E-state index contributed by atoms with van der Waals surface area (Å²) in [6.45, 7) is 11.2. The number of rotatable bonds is 7. The first kappa shape index (κ1) is 21.5. The summed E-state index contributed by atoms with van der Waals surface area (Å²) in [7, 11) is 0. The van der Waals surface area contributed by atoms with Crippen LogP contribution >= 0.6 is 22.9 Å². The van der Waals surface area contributed by atoms with Gasteiger partial charge >= 0.3 is 0 Å². The van der Waals surface area contributed by atoms with E-state index in [-0.39, 0.29) is 23.3 Å². The van der Waals surface area contributed by atoms with Crippen LogP contribution in [-0.4, -0.2) is 18.7 Å². The first-order valence-electron chi connectivity index (χ1n) is 8.86. The molecule has 0 fully saturated rings. The van der Waals surface area contributed by atoms with Gasteiger partial charge in [0, 0.05) is 4.88 Å². The Morgan fingerprint density at radius 2 is 1.81 bits per heavy atom. The predicted octanol–water partition coefficient (Wildman–Crippen LogP) is 5.64. The molecule has 2 aromatic rings. The van der Waals surface area contributed by atoms with Gasteiger partial charge in [0.15, 0.2) is 6.61 Å². The van der Waals surface area contributed by atoms with Gasteiger partial charge in [0.05, 0.1) is 10.6 Å². The zero-order chi connectivity index (χ0) is 20.1. The maximum absolute atomic E-state index is 11.8. The number of hydrogen-bond donors (Lipinski definition) is 1. The van der Waals surface area contributed by atoms with Crippen LogP contribution in [0.4, 0.5) is 0 Å². The van der Waals surface area contributed by atoms with Gasteiger partial charge in [0.1, 0.15) is 5.75 Å². The molecule has 0 atom stereocenters. The number of thiophene rings is 1. The minimum atomic E-state index is -0.314. The van der Waals surface area contributed by atoms with Crippen LogP contribution in [0, 0.1) is 5.41 Å². The van der Waals surface area contributed by atoms with Crippen molar-refractivity contribution >= 4 is 35.1 Å². The lowest BCUT2D eigenvalue weighted by Crippen LogP contribution is -2.25. The van der Waals surface area contributed by atoms with Crippen molar-refractivity contribution in [2.75, 3.05) is 6.61 Å². The molecular formula is C21H27ClN2O2S. The zero-order valence-corrected chi connectivity index (χ0v) is 18.1. The molecule has 0 radical (unpaired) electrons. The molecule has 27 heavy (non-hydrogen) atoms.